The molecule has 0 bridgehead atoms. The molecule has 1 aromatic heterocycles. The third kappa shape index (κ3) is 4.95. The average Bonchev–Trinajstić information content (AvgIpc) is 2.87. The van der Waals surface area contributed by atoms with Gasteiger partial charge in [0.15, 0.2) is 5.69 Å². The number of rotatable bonds is 6. The molecule has 2 aromatic rings. The highest BCUT2D eigenvalue weighted by molar-refractivity contribution is 9.10. The number of nitrogens with zero attached hydrogens (tertiary/aromatic N) is 1. The van der Waals surface area contributed by atoms with Gasteiger partial charge in [0.05, 0.1) is 11.4 Å². The molecule has 0 fully saturated rings. The Labute approximate surface area is 134 Å². The van der Waals surface area contributed by atoms with Gasteiger partial charge >= 0.3 is 5.97 Å². The van der Waals surface area contributed by atoms with Crippen molar-refractivity contribution in [2.75, 3.05) is 6.54 Å². The lowest BCUT2D eigenvalue weighted by Crippen LogP contribution is -2.27. The molecule has 7 heteroatoms. The number of aromatic nitrogens is 1. The van der Waals surface area contributed by atoms with Gasteiger partial charge in [0.25, 0.3) is 0 Å². The maximum atomic E-state index is 11.8. The molecule has 0 spiro atoms. The Bertz CT molecular complexity index is 657. The topological polar surface area (TPSA) is 79.3 Å². The zero-order valence-corrected chi connectivity index (χ0v) is 13.4. The molecule has 21 heavy (non-hydrogen) atoms. The van der Waals surface area contributed by atoms with E-state index in [1.54, 1.807) is 0 Å². The van der Waals surface area contributed by atoms with Crippen LogP contribution in [0, 0.1) is 0 Å². The van der Waals surface area contributed by atoms with Gasteiger partial charge in [-0.1, -0.05) is 28.1 Å². The molecule has 0 atom stereocenters. The van der Waals surface area contributed by atoms with Crippen LogP contribution in [-0.4, -0.2) is 28.5 Å². The molecule has 0 unspecified atom stereocenters. The number of amides is 1. The van der Waals surface area contributed by atoms with Crippen molar-refractivity contribution >= 4 is 39.1 Å². The van der Waals surface area contributed by atoms with E-state index in [9.17, 15) is 9.59 Å². The van der Waals surface area contributed by atoms with E-state index in [1.807, 2.05) is 24.3 Å². The molecule has 5 nitrogen and oxygen atoms in total. The summed E-state index contributed by atoms with van der Waals surface area (Å²) in [6, 6.07) is 7.59. The van der Waals surface area contributed by atoms with Gasteiger partial charge in [-0.05, 0) is 17.7 Å². The summed E-state index contributed by atoms with van der Waals surface area (Å²) in [5.41, 5.74) is 0.986. The molecule has 1 heterocycles. The van der Waals surface area contributed by atoms with Crippen LogP contribution in [0.25, 0.3) is 0 Å². The Morgan fingerprint density at radius 2 is 2.19 bits per heavy atom. The van der Waals surface area contributed by atoms with E-state index >= 15 is 0 Å². The predicted molar refractivity (Wildman–Crippen MR) is 83.6 cm³/mol. The minimum Gasteiger partial charge on any atom is -0.476 e. The van der Waals surface area contributed by atoms with Crippen molar-refractivity contribution in [3.05, 3.63) is 50.4 Å². The molecule has 0 aliphatic rings. The maximum Gasteiger partial charge on any atom is 0.355 e. The lowest BCUT2D eigenvalue weighted by molar-refractivity contribution is -0.120. The number of hydrogen-bond donors (Lipinski definition) is 2. The predicted octanol–water partition coefficient (Wildman–Crippen LogP) is 2.51. The van der Waals surface area contributed by atoms with E-state index in [1.165, 1.54) is 16.7 Å². The number of halogens is 1. The van der Waals surface area contributed by atoms with Crippen LogP contribution in [0.4, 0.5) is 0 Å². The Hall–Kier alpha value is -1.73. The van der Waals surface area contributed by atoms with Crippen LogP contribution < -0.4 is 5.32 Å². The van der Waals surface area contributed by atoms with Crippen LogP contribution in [-0.2, 0) is 17.6 Å². The second-order valence-corrected chi connectivity index (χ2v) is 6.20. The first kappa shape index (κ1) is 15.7. The molecule has 0 radical (unpaired) electrons. The summed E-state index contributed by atoms with van der Waals surface area (Å²) < 4.78 is 0.941. The average molecular weight is 369 g/mol. The fourth-order valence-corrected chi connectivity index (χ4v) is 2.95. The van der Waals surface area contributed by atoms with Crippen LogP contribution in [0.15, 0.2) is 34.1 Å². The van der Waals surface area contributed by atoms with Gasteiger partial charge in [-0.25, -0.2) is 9.78 Å². The Morgan fingerprint density at radius 1 is 1.38 bits per heavy atom. The lowest BCUT2D eigenvalue weighted by Gasteiger charge is -2.04. The second-order valence-electron chi connectivity index (χ2n) is 4.34. The quantitative estimate of drug-likeness (QED) is 0.820. The van der Waals surface area contributed by atoms with E-state index in [4.69, 9.17) is 5.11 Å². The molecule has 110 valence electrons. The van der Waals surface area contributed by atoms with E-state index in [0.717, 1.165) is 10.0 Å². The zero-order valence-electron chi connectivity index (χ0n) is 11.0. The van der Waals surface area contributed by atoms with E-state index in [-0.39, 0.29) is 11.6 Å². The summed E-state index contributed by atoms with van der Waals surface area (Å²) >= 11 is 4.65. The highest BCUT2D eigenvalue weighted by atomic mass is 79.9. The van der Waals surface area contributed by atoms with E-state index in [2.05, 4.69) is 26.2 Å². The fraction of sp³-hybridized carbons (Fsp3) is 0.214. The van der Waals surface area contributed by atoms with Gasteiger partial charge in [-0.3, -0.25) is 4.79 Å². The highest BCUT2D eigenvalue weighted by Gasteiger charge is 2.09. The largest absolute Gasteiger partial charge is 0.476 e. The van der Waals surface area contributed by atoms with Crippen LogP contribution in [0.1, 0.15) is 21.1 Å². The van der Waals surface area contributed by atoms with Crippen molar-refractivity contribution in [2.24, 2.45) is 0 Å². The summed E-state index contributed by atoms with van der Waals surface area (Å²) in [6.45, 7) is 0.444. The standard InChI is InChI=1S/C14H13BrN2O3S/c15-10-3-1-2-9(6-10)7-12(18)16-5-4-13-17-11(8-21-13)14(19)20/h1-3,6,8H,4-5,7H2,(H,16,18)(H,19,20). The highest BCUT2D eigenvalue weighted by Crippen LogP contribution is 2.12. The minimum atomic E-state index is -1.03. The number of hydrogen-bond acceptors (Lipinski definition) is 4. The molecule has 0 saturated carbocycles. The molecule has 2 rings (SSSR count). The third-order valence-corrected chi connectivity index (χ3v) is 4.09. The Morgan fingerprint density at radius 3 is 2.86 bits per heavy atom. The number of carbonyl (C=O) groups excluding carboxylic acids is 1. The first-order valence-corrected chi connectivity index (χ1v) is 7.90. The van der Waals surface area contributed by atoms with Gasteiger partial charge in [-0.2, -0.15) is 0 Å². The number of aromatic carboxylic acids is 1. The number of nitrogens with one attached hydrogen (secondary N) is 1. The maximum absolute atomic E-state index is 11.8. The fourth-order valence-electron chi connectivity index (χ4n) is 1.73. The molecule has 0 aliphatic heterocycles. The van der Waals surface area contributed by atoms with Crippen molar-refractivity contribution < 1.29 is 14.7 Å². The number of thiazole rings is 1. The van der Waals surface area contributed by atoms with Crippen LogP contribution in [0.5, 0.6) is 0 Å². The molecule has 1 amide bonds. The van der Waals surface area contributed by atoms with Crippen molar-refractivity contribution in [3.8, 4) is 0 Å². The normalized spacial score (nSPS) is 10.3. The minimum absolute atomic E-state index is 0.0514. The van der Waals surface area contributed by atoms with Gasteiger partial charge in [0.1, 0.15) is 0 Å². The summed E-state index contributed by atoms with van der Waals surface area (Å²) in [6.07, 6.45) is 0.847. The Kier molecular flexibility index (Phi) is 5.46. The first-order valence-electron chi connectivity index (χ1n) is 6.23. The summed E-state index contributed by atoms with van der Waals surface area (Å²) in [5.74, 6) is -1.10. The molecular formula is C14H13BrN2O3S. The van der Waals surface area contributed by atoms with Gasteiger partial charge in [-0.15, -0.1) is 11.3 Å². The summed E-state index contributed by atoms with van der Waals surface area (Å²) in [4.78, 5) is 26.5. The third-order valence-electron chi connectivity index (χ3n) is 2.69. The summed E-state index contributed by atoms with van der Waals surface area (Å²) in [5, 5.41) is 13.8. The first-order chi connectivity index (χ1) is 10.0. The Balaban J connectivity index is 1.77. The molecule has 0 saturated heterocycles. The summed E-state index contributed by atoms with van der Waals surface area (Å²) in [7, 11) is 0. The second kappa shape index (κ2) is 7.33. The number of carbonyl (C=O) groups is 2. The lowest BCUT2D eigenvalue weighted by atomic mass is 10.1. The SMILES string of the molecule is O=C(Cc1cccc(Br)c1)NCCc1nc(C(=O)O)cs1. The van der Waals surface area contributed by atoms with Crippen molar-refractivity contribution in [1.82, 2.24) is 10.3 Å². The van der Waals surface area contributed by atoms with E-state index < -0.39 is 5.97 Å². The van der Waals surface area contributed by atoms with Crippen LogP contribution in [0.2, 0.25) is 0 Å². The number of carboxylic acids is 1. The van der Waals surface area contributed by atoms with Gasteiger partial charge < -0.3 is 10.4 Å². The number of benzene rings is 1. The van der Waals surface area contributed by atoms with Crippen molar-refractivity contribution in [2.45, 2.75) is 12.8 Å². The van der Waals surface area contributed by atoms with E-state index in [0.29, 0.717) is 24.4 Å². The zero-order chi connectivity index (χ0) is 15.2. The molecule has 2 N–H and O–H groups in total. The van der Waals surface area contributed by atoms with Crippen molar-refractivity contribution in [1.29, 1.82) is 0 Å². The molecular weight excluding hydrogens is 356 g/mol. The molecule has 0 aliphatic carbocycles. The van der Waals surface area contributed by atoms with Gasteiger partial charge in [0.2, 0.25) is 5.91 Å². The smallest absolute Gasteiger partial charge is 0.355 e. The molecule has 1 aromatic carbocycles. The number of carboxylic acid groups (broad SMARTS) is 1. The van der Waals surface area contributed by atoms with Crippen LogP contribution >= 0.6 is 27.3 Å². The van der Waals surface area contributed by atoms with Gasteiger partial charge in [0, 0.05) is 22.8 Å². The van der Waals surface area contributed by atoms with Crippen LogP contribution in [0.3, 0.4) is 0 Å². The van der Waals surface area contributed by atoms with Crippen molar-refractivity contribution in [3.63, 3.8) is 0 Å². The monoisotopic (exact) mass is 368 g/mol.